The highest BCUT2D eigenvalue weighted by Gasteiger charge is 2.06. The topological polar surface area (TPSA) is 46.5 Å². The van der Waals surface area contributed by atoms with Crippen molar-refractivity contribution in [3.05, 3.63) is 29.8 Å². The fourth-order valence-electron chi connectivity index (χ4n) is 1.49. The van der Waals surface area contributed by atoms with E-state index in [4.69, 9.17) is 9.84 Å². The van der Waals surface area contributed by atoms with Gasteiger partial charge in [-0.3, -0.25) is 4.79 Å². The van der Waals surface area contributed by atoms with E-state index < -0.39 is 5.97 Å². The highest BCUT2D eigenvalue weighted by Crippen LogP contribution is 2.18. The lowest BCUT2D eigenvalue weighted by Crippen LogP contribution is -2.04. The largest absolute Gasteiger partial charge is 0.493 e. The molecule has 0 unspecified atom stereocenters. The van der Waals surface area contributed by atoms with Crippen molar-refractivity contribution >= 4 is 5.97 Å². The van der Waals surface area contributed by atoms with Crippen molar-refractivity contribution in [1.29, 1.82) is 0 Å². The van der Waals surface area contributed by atoms with Crippen molar-refractivity contribution in [3.63, 3.8) is 0 Å². The van der Waals surface area contributed by atoms with Crippen LogP contribution in [0, 0.1) is 0 Å². The van der Waals surface area contributed by atoms with Crippen LogP contribution < -0.4 is 4.74 Å². The molecule has 0 spiro atoms. The Bertz CT molecular complexity index is 334. The molecule has 3 heteroatoms. The number of benzene rings is 1. The number of para-hydroxylation sites is 1. The zero-order valence-electron chi connectivity index (χ0n) is 9.61. The van der Waals surface area contributed by atoms with E-state index in [1.54, 1.807) is 6.07 Å². The fourth-order valence-corrected chi connectivity index (χ4v) is 1.49. The Balaban J connectivity index is 2.53. The Morgan fingerprint density at radius 1 is 1.31 bits per heavy atom. The number of unbranched alkanes of at least 4 members (excludes halogenated alkanes) is 2. The van der Waals surface area contributed by atoms with Gasteiger partial charge in [0, 0.05) is 5.56 Å². The Morgan fingerprint density at radius 3 is 2.75 bits per heavy atom. The van der Waals surface area contributed by atoms with Gasteiger partial charge in [0.05, 0.1) is 13.0 Å². The number of aliphatic carboxylic acids is 1. The molecule has 3 nitrogen and oxygen atoms in total. The van der Waals surface area contributed by atoms with Gasteiger partial charge in [-0.2, -0.15) is 0 Å². The summed E-state index contributed by atoms with van der Waals surface area (Å²) in [5.74, 6) is -0.134. The van der Waals surface area contributed by atoms with Crippen LogP contribution in [0.3, 0.4) is 0 Å². The number of ether oxygens (including phenoxy) is 1. The standard InChI is InChI=1S/C13H18O3/c1-2-3-6-9-16-12-8-5-4-7-11(12)10-13(14)15/h4-5,7-8H,2-3,6,9-10H2,1H3,(H,14,15). The van der Waals surface area contributed by atoms with Gasteiger partial charge in [-0.25, -0.2) is 0 Å². The molecule has 0 heterocycles. The zero-order valence-corrected chi connectivity index (χ0v) is 9.61. The van der Waals surface area contributed by atoms with Crippen LogP contribution in [-0.4, -0.2) is 17.7 Å². The third kappa shape index (κ3) is 4.34. The molecule has 0 saturated carbocycles. The molecular formula is C13H18O3. The number of carboxylic acids is 1. The van der Waals surface area contributed by atoms with Crippen LogP contribution in [0.1, 0.15) is 31.7 Å². The van der Waals surface area contributed by atoms with Crippen molar-refractivity contribution in [2.75, 3.05) is 6.61 Å². The molecule has 0 bridgehead atoms. The maximum atomic E-state index is 10.6. The Kier molecular flexibility index (Phi) is 5.40. The van der Waals surface area contributed by atoms with E-state index in [0.29, 0.717) is 12.4 Å². The summed E-state index contributed by atoms with van der Waals surface area (Å²) in [7, 11) is 0. The second-order valence-electron chi connectivity index (χ2n) is 3.73. The Labute approximate surface area is 96.1 Å². The molecule has 1 N–H and O–H groups in total. The summed E-state index contributed by atoms with van der Waals surface area (Å²) in [6.45, 7) is 2.79. The third-order valence-corrected chi connectivity index (χ3v) is 2.32. The van der Waals surface area contributed by atoms with Gasteiger partial charge >= 0.3 is 5.97 Å². The van der Waals surface area contributed by atoms with Crippen LogP contribution in [0.2, 0.25) is 0 Å². The summed E-state index contributed by atoms with van der Waals surface area (Å²) in [4.78, 5) is 10.6. The van der Waals surface area contributed by atoms with Crippen molar-refractivity contribution in [3.8, 4) is 5.75 Å². The summed E-state index contributed by atoms with van der Waals surface area (Å²) in [6.07, 6.45) is 3.32. The predicted octanol–water partition coefficient (Wildman–Crippen LogP) is 2.88. The molecule has 0 aliphatic heterocycles. The van der Waals surface area contributed by atoms with Gasteiger partial charge in [0.2, 0.25) is 0 Å². The van der Waals surface area contributed by atoms with Crippen molar-refractivity contribution in [1.82, 2.24) is 0 Å². The van der Waals surface area contributed by atoms with Crippen LogP contribution in [0.15, 0.2) is 24.3 Å². The number of hydrogen-bond acceptors (Lipinski definition) is 2. The minimum atomic E-state index is -0.829. The second-order valence-corrected chi connectivity index (χ2v) is 3.73. The molecule has 0 aromatic heterocycles. The minimum Gasteiger partial charge on any atom is -0.493 e. The highest BCUT2D eigenvalue weighted by atomic mass is 16.5. The first-order valence-electron chi connectivity index (χ1n) is 5.66. The average molecular weight is 222 g/mol. The maximum Gasteiger partial charge on any atom is 0.307 e. The van der Waals surface area contributed by atoms with Gasteiger partial charge in [-0.1, -0.05) is 38.0 Å². The van der Waals surface area contributed by atoms with E-state index in [2.05, 4.69) is 6.92 Å². The van der Waals surface area contributed by atoms with Gasteiger partial charge in [0.15, 0.2) is 0 Å². The fraction of sp³-hybridized carbons (Fsp3) is 0.462. The molecule has 0 saturated heterocycles. The first-order chi connectivity index (χ1) is 7.74. The quantitative estimate of drug-likeness (QED) is 0.721. The normalized spacial score (nSPS) is 10.1. The molecule has 1 aromatic rings. The molecule has 16 heavy (non-hydrogen) atoms. The number of hydrogen-bond donors (Lipinski definition) is 1. The maximum absolute atomic E-state index is 10.6. The summed E-state index contributed by atoms with van der Waals surface area (Å²) >= 11 is 0. The van der Waals surface area contributed by atoms with E-state index in [0.717, 1.165) is 24.8 Å². The first kappa shape index (κ1) is 12.6. The van der Waals surface area contributed by atoms with Crippen LogP contribution in [0.5, 0.6) is 5.75 Å². The molecule has 1 aromatic carbocycles. The predicted molar refractivity (Wildman–Crippen MR) is 62.8 cm³/mol. The molecule has 0 atom stereocenters. The summed E-state index contributed by atoms with van der Waals surface area (Å²) in [5, 5.41) is 8.75. The lowest BCUT2D eigenvalue weighted by atomic mass is 10.1. The second kappa shape index (κ2) is 6.88. The van der Waals surface area contributed by atoms with Gasteiger partial charge in [-0.15, -0.1) is 0 Å². The van der Waals surface area contributed by atoms with Gasteiger partial charge in [-0.05, 0) is 12.5 Å². The smallest absolute Gasteiger partial charge is 0.307 e. The molecule has 0 aliphatic rings. The summed E-state index contributed by atoms with van der Waals surface area (Å²) in [5.41, 5.74) is 0.742. The van der Waals surface area contributed by atoms with Gasteiger partial charge in [0.25, 0.3) is 0 Å². The molecular weight excluding hydrogens is 204 g/mol. The third-order valence-electron chi connectivity index (χ3n) is 2.32. The lowest BCUT2D eigenvalue weighted by Gasteiger charge is -2.09. The van der Waals surface area contributed by atoms with E-state index in [9.17, 15) is 4.79 Å². The number of carbonyl (C=O) groups is 1. The summed E-state index contributed by atoms with van der Waals surface area (Å²) in [6, 6.07) is 7.31. The molecule has 0 amide bonds. The van der Waals surface area contributed by atoms with E-state index in [1.807, 2.05) is 18.2 Å². The highest BCUT2D eigenvalue weighted by molar-refractivity contribution is 5.71. The van der Waals surface area contributed by atoms with E-state index in [1.165, 1.54) is 0 Å². The molecule has 0 fully saturated rings. The van der Waals surface area contributed by atoms with E-state index >= 15 is 0 Å². The van der Waals surface area contributed by atoms with Crippen LogP contribution in [-0.2, 0) is 11.2 Å². The van der Waals surface area contributed by atoms with Gasteiger partial charge in [0.1, 0.15) is 5.75 Å². The van der Waals surface area contributed by atoms with Crippen LogP contribution in [0.4, 0.5) is 0 Å². The Hall–Kier alpha value is -1.51. The van der Waals surface area contributed by atoms with E-state index in [-0.39, 0.29) is 6.42 Å². The zero-order chi connectivity index (χ0) is 11.8. The minimum absolute atomic E-state index is 0.0178. The Morgan fingerprint density at radius 2 is 2.06 bits per heavy atom. The molecule has 1 rings (SSSR count). The lowest BCUT2D eigenvalue weighted by molar-refractivity contribution is -0.136. The van der Waals surface area contributed by atoms with Crippen molar-refractivity contribution in [2.45, 2.75) is 32.6 Å². The average Bonchev–Trinajstić information content (AvgIpc) is 2.26. The number of rotatable bonds is 7. The molecule has 88 valence electrons. The van der Waals surface area contributed by atoms with Gasteiger partial charge < -0.3 is 9.84 Å². The first-order valence-corrected chi connectivity index (χ1v) is 5.66. The van der Waals surface area contributed by atoms with Crippen LogP contribution >= 0.6 is 0 Å². The van der Waals surface area contributed by atoms with Crippen molar-refractivity contribution in [2.24, 2.45) is 0 Å². The van der Waals surface area contributed by atoms with Crippen LogP contribution in [0.25, 0.3) is 0 Å². The summed E-state index contributed by atoms with van der Waals surface area (Å²) < 4.78 is 5.58. The monoisotopic (exact) mass is 222 g/mol. The SMILES string of the molecule is CCCCCOc1ccccc1CC(=O)O. The molecule has 0 radical (unpaired) electrons. The molecule has 0 aliphatic carbocycles. The number of carboxylic acid groups (broad SMARTS) is 1. The van der Waals surface area contributed by atoms with Crippen molar-refractivity contribution < 1.29 is 14.6 Å².